The highest BCUT2D eigenvalue weighted by Gasteiger charge is 2.20. The zero-order valence-corrected chi connectivity index (χ0v) is 11.5. The molecular formula is C13H17ClN2O3. The number of benzene rings is 1. The van der Waals surface area contributed by atoms with E-state index >= 15 is 0 Å². The predicted molar refractivity (Wildman–Crippen MR) is 74.7 cm³/mol. The number of para-hydroxylation sites is 1. The molecule has 1 aromatic carbocycles. The molecule has 0 atom stereocenters. The fraction of sp³-hybridized carbons (Fsp3) is 0.385. The number of unbranched alkanes of at least 4 members (excludes halogenated alkanes) is 1. The summed E-state index contributed by atoms with van der Waals surface area (Å²) in [5, 5.41) is 9.50. The first kappa shape index (κ1) is 15.3. The van der Waals surface area contributed by atoms with Crippen molar-refractivity contribution in [2.45, 2.75) is 19.8 Å². The molecule has 1 amide bonds. The van der Waals surface area contributed by atoms with Crippen molar-refractivity contribution in [1.29, 1.82) is 0 Å². The maximum Gasteiger partial charge on any atom is 0.337 e. The molecule has 3 N–H and O–H groups in total. The highest BCUT2D eigenvalue weighted by molar-refractivity contribution is 6.34. The standard InChI is InChI=1S/C13H17ClN2O3/c1-2-3-7-16(8-11(15)17)12-9(13(18)19)5-4-6-10(12)14/h4-6H,2-3,7-8H2,1H3,(H2,15,17)(H,18,19). The summed E-state index contributed by atoms with van der Waals surface area (Å²) in [7, 11) is 0. The van der Waals surface area contributed by atoms with Crippen LogP contribution in [0.3, 0.4) is 0 Å². The van der Waals surface area contributed by atoms with Gasteiger partial charge in [0.05, 0.1) is 22.8 Å². The highest BCUT2D eigenvalue weighted by Crippen LogP contribution is 2.30. The van der Waals surface area contributed by atoms with Crippen LogP contribution in [0.4, 0.5) is 5.69 Å². The second-order valence-electron chi connectivity index (χ2n) is 4.18. The van der Waals surface area contributed by atoms with Crippen LogP contribution in [-0.2, 0) is 4.79 Å². The van der Waals surface area contributed by atoms with Crippen LogP contribution in [0.15, 0.2) is 18.2 Å². The summed E-state index contributed by atoms with van der Waals surface area (Å²) < 4.78 is 0. The van der Waals surface area contributed by atoms with Gasteiger partial charge in [-0.2, -0.15) is 0 Å². The second kappa shape index (κ2) is 6.99. The molecule has 19 heavy (non-hydrogen) atoms. The predicted octanol–water partition coefficient (Wildman–Crippen LogP) is 2.13. The van der Waals surface area contributed by atoms with Gasteiger partial charge in [-0.1, -0.05) is 31.0 Å². The van der Waals surface area contributed by atoms with Crippen LogP contribution < -0.4 is 10.6 Å². The number of carbonyl (C=O) groups is 2. The number of hydrogen-bond donors (Lipinski definition) is 2. The Balaban J connectivity index is 3.19. The summed E-state index contributed by atoms with van der Waals surface area (Å²) in [4.78, 5) is 24.0. The Labute approximate surface area is 117 Å². The van der Waals surface area contributed by atoms with E-state index in [9.17, 15) is 14.7 Å². The van der Waals surface area contributed by atoms with Crippen molar-refractivity contribution in [1.82, 2.24) is 0 Å². The van der Waals surface area contributed by atoms with Crippen molar-refractivity contribution >= 4 is 29.2 Å². The van der Waals surface area contributed by atoms with Crippen molar-refractivity contribution < 1.29 is 14.7 Å². The molecule has 0 aliphatic carbocycles. The van der Waals surface area contributed by atoms with Gasteiger partial charge in [0.1, 0.15) is 0 Å². The van der Waals surface area contributed by atoms with E-state index in [0.717, 1.165) is 12.8 Å². The van der Waals surface area contributed by atoms with E-state index in [-0.39, 0.29) is 12.1 Å². The lowest BCUT2D eigenvalue weighted by Crippen LogP contribution is -2.35. The summed E-state index contributed by atoms with van der Waals surface area (Å²) in [6.07, 6.45) is 1.74. The van der Waals surface area contributed by atoms with Crippen LogP contribution in [0.2, 0.25) is 5.02 Å². The van der Waals surface area contributed by atoms with Crippen molar-refractivity contribution in [2.75, 3.05) is 18.0 Å². The quantitative estimate of drug-likeness (QED) is 0.803. The highest BCUT2D eigenvalue weighted by atomic mass is 35.5. The minimum absolute atomic E-state index is 0.0516. The van der Waals surface area contributed by atoms with Crippen molar-refractivity contribution in [3.8, 4) is 0 Å². The van der Waals surface area contributed by atoms with Gasteiger partial charge in [0.2, 0.25) is 5.91 Å². The topological polar surface area (TPSA) is 83.6 Å². The van der Waals surface area contributed by atoms with E-state index in [2.05, 4.69) is 0 Å². The fourth-order valence-electron chi connectivity index (χ4n) is 1.82. The number of primary amides is 1. The molecule has 1 aromatic rings. The van der Waals surface area contributed by atoms with Crippen LogP contribution in [-0.4, -0.2) is 30.1 Å². The molecule has 104 valence electrons. The van der Waals surface area contributed by atoms with Crippen LogP contribution in [0.25, 0.3) is 0 Å². The molecule has 0 fully saturated rings. The molecule has 0 aliphatic rings. The Morgan fingerprint density at radius 1 is 1.42 bits per heavy atom. The molecule has 0 aliphatic heterocycles. The fourth-order valence-corrected chi connectivity index (χ4v) is 2.11. The smallest absolute Gasteiger partial charge is 0.337 e. The zero-order chi connectivity index (χ0) is 14.4. The van der Waals surface area contributed by atoms with Crippen molar-refractivity contribution in [2.24, 2.45) is 5.73 Å². The average Bonchev–Trinajstić information content (AvgIpc) is 2.33. The third kappa shape index (κ3) is 4.13. The van der Waals surface area contributed by atoms with Crippen LogP contribution in [0.1, 0.15) is 30.1 Å². The minimum Gasteiger partial charge on any atom is -0.478 e. The monoisotopic (exact) mass is 284 g/mol. The summed E-state index contributed by atoms with van der Waals surface area (Å²) >= 11 is 6.07. The van der Waals surface area contributed by atoms with Crippen LogP contribution in [0, 0.1) is 0 Å². The normalized spacial score (nSPS) is 10.2. The Morgan fingerprint density at radius 3 is 2.63 bits per heavy atom. The van der Waals surface area contributed by atoms with Gasteiger partial charge >= 0.3 is 5.97 Å². The first-order chi connectivity index (χ1) is 8.97. The number of nitrogens with two attached hydrogens (primary N) is 1. The molecule has 0 unspecified atom stereocenters. The van der Waals surface area contributed by atoms with E-state index in [1.807, 2.05) is 6.92 Å². The van der Waals surface area contributed by atoms with Crippen LogP contribution in [0.5, 0.6) is 0 Å². The zero-order valence-electron chi connectivity index (χ0n) is 10.7. The van der Waals surface area contributed by atoms with Gasteiger partial charge in [0.25, 0.3) is 0 Å². The Bertz CT molecular complexity index is 477. The second-order valence-corrected chi connectivity index (χ2v) is 4.59. The Hall–Kier alpha value is -1.75. The van der Waals surface area contributed by atoms with E-state index in [1.165, 1.54) is 6.07 Å². The Morgan fingerprint density at radius 2 is 2.11 bits per heavy atom. The van der Waals surface area contributed by atoms with Gasteiger partial charge in [0, 0.05) is 6.54 Å². The summed E-state index contributed by atoms with van der Waals surface area (Å²) in [6, 6.07) is 4.63. The van der Waals surface area contributed by atoms with Gasteiger partial charge in [0.15, 0.2) is 0 Å². The number of halogens is 1. The third-order valence-electron chi connectivity index (χ3n) is 2.66. The molecule has 0 radical (unpaired) electrons. The summed E-state index contributed by atoms with van der Waals surface area (Å²) in [5.74, 6) is -1.60. The summed E-state index contributed by atoms with van der Waals surface area (Å²) in [5.41, 5.74) is 5.63. The molecule has 0 saturated heterocycles. The van der Waals surface area contributed by atoms with Gasteiger partial charge in [-0.15, -0.1) is 0 Å². The first-order valence-corrected chi connectivity index (χ1v) is 6.40. The molecule has 5 nitrogen and oxygen atoms in total. The largest absolute Gasteiger partial charge is 0.478 e. The molecule has 0 heterocycles. The van der Waals surface area contributed by atoms with Gasteiger partial charge in [-0.3, -0.25) is 4.79 Å². The number of carbonyl (C=O) groups excluding carboxylic acids is 1. The first-order valence-electron chi connectivity index (χ1n) is 6.02. The lowest BCUT2D eigenvalue weighted by atomic mass is 10.1. The van der Waals surface area contributed by atoms with Gasteiger partial charge in [-0.25, -0.2) is 4.79 Å². The molecule has 0 saturated carbocycles. The SMILES string of the molecule is CCCCN(CC(N)=O)c1c(Cl)cccc1C(=O)O. The number of carboxylic acids is 1. The molecule has 0 bridgehead atoms. The molecule has 0 aromatic heterocycles. The number of carboxylic acid groups (broad SMARTS) is 1. The van der Waals surface area contributed by atoms with E-state index in [1.54, 1.807) is 17.0 Å². The van der Waals surface area contributed by atoms with Gasteiger partial charge < -0.3 is 15.7 Å². The number of nitrogens with zero attached hydrogens (tertiary/aromatic N) is 1. The summed E-state index contributed by atoms with van der Waals surface area (Å²) in [6.45, 7) is 2.49. The van der Waals surface area contributed by atoms with Crippen LogP contribution >= 0.6 is 11.6 Å². The van der Waals surface area contributed by atoms with Crippen molar-refractivity contribution in [3.05, 3.63) is 28.8 Å². The average molecular weight is 285 g/mol. The maximum atomic E-state index is 11.2. The van der Waals surface area contributed by atoms with E-state index < -0.39 is 11.9 Å². The van der Waals surface area contributed by atoms with Crippen molar-refractivity contribution in [3.63, 3.8) is 0 Å². The molecular weight excluding hydrogens is 268 g/mol. The molecule has 1 rings (SSSR count). The lowest BCUT2D eigenvalue weighted by Gasteiger charge is -2.25. The van der Waals surface area contributed by atoms with E-state index in [0.29, 0.717) is 17.3 Å². The molecule has 6 heteroatoms. The number of aromatic carboxylic acids is 1. The lowest BCUT2D eigenvalue weighted by molar-refractivity contribution is -0.116. The third-order valence-corrected chi connectivity index (χ3v) is 2.97. The number of anilines is 1. The number of amides is 1. The minimum atomic E-state index is -1.08. The Kier molecular flexibility index (Phi) is 5.63. The van der Waals surface area contributed by atoms with Gasteiger partial charge in [-0.05, 0) is 18.6 Å². The maximum absolute atomic E-state index is 11.2. The number of rotatable bonds is 7. The number of hydrogen-bond acceptors (Lipinski definition) is 3. The molecule has 0 spiro atoms. The van der Waals surface area contributed by atoms with E-state index in [4.69, 9.17) is 17.3 Å².